The first-order valence-corrected chi connectivity index (χ1v) is 9.57. The number of rotatable bonds is 4. The second-order valence-corrected chi connectivity index (χ2v) is 7.71. The molecule has 0 radical (unpaired) electrons. The number of esters is 1. The molecule has 4 saturated heterocycles. The molecule has 2 atom stereocenters. The number of likely N-dealkylation sites (N-methyl/N-ethyl adjacent to an activating group) is 1. The molecule has 6 heteroatoms. The van der Waals surface area contributed by atoms with Gasteiger partial charge in [-0.15, -0.1) is 0 Å². The largest absolute Gasteiger partial charge is 0.459 e. The standard InChI is InChI=1S/C20H27N3O3/c1-21-11-12-23(14-18(21)24)19(16-5-3-2-4-6-16)20(25)26-17-13-22-9-7-15(17)8-10-22/h2-6,15,17,19H,7-14H2,1H3/t17-,19?/m0/s1. The summed E-state index contributed by atoms with van der Waals surface area (Å²) in [5.74, 6) is 0.314. The molecule has 0 aromatic heterocycles. The van der Waals surface area contributed by atoms with E-state index in [0.29, 0.717) is 19.0 Å². The van der Waals surface area contributed by atoms with E-state index >= 15 is 0 Å². The third kappa shape index (κ3) is 3.48. The predicted octanol–water partition coefficient (Wildman–Crippen LogP) is 1.14. The van der Waals surface area contributed by atoms with Crippen LogP contribution in [-0.4, -0.2) is 79.0 Å². The van der Waals surface area contributed by atoms with Gasteiger partial charge in [0, 0.05) is 26.7 Å². The number of piperazine rings is 1. The normalized spacial score (nSPS) is 30.3. The van der Waals surface area contributed by atoms with Gasteiger partial charge in [0.05, 0.1) is 6.54 Å². The zero-order valence-corrected chi connectivity index (χ0v) is 15.3. The van der Waals surface area contributed by atoms with Gasteiger partial charge in [-0.05, 0) is 37.4 Å². The van der Waals surface area contributed by atoms with E-state index in [-0.39, 0.29) is 24.5 Å². The highest BCUT2D eigenvalue weighted by Gasteiger charge is 2.40. The van der Waals surface area contributed by atoms with Crippen LogP contribution < -0.4 is 0 Å². The summed E-state index contributed by atoms with van der Waals surface area (Å²) >= 11 is 0. The molecule has 0 spiro atoms. The fraction of sp³-hybridized carbons (Fsp3) is 0.600. The van der Waals surface area contributed by atoms with Gasteiger partial charge in [0.2, 0.25) is 5.91 Å². The monoisotopic (exact) mass is 357 g/mol. The SMILES string of the molecule is CN1CCN(C(C(=O)O[C@H]2CN3CCC2CC3)c2ccccc2)CC1=O. The van der Waals surface area contributed by atoms with E-state index in [0.717, 1.165) is 38.0 Å². The number of benzene rings is 1. The molecule has 26 heavy (non-hydrogen) atoms. The third-order valence-corrected chi connectivity index (χ3v) is 6.05. The minimum atomic E-state index is -0.510. The van der Waals surface area contributed by atoms with Gasteiger partial charge in [-0.25, -0.2) is 4.79 Å². The van der Waals surface area contributed by atoms with Crippen molar-refractivity contribution in [1.82, 2.24) is 14.7 Å². The van der Waals surface area contributed by atoms with E-state index in [4.69, 9.17) is 4.74 Å². The highest BCUT2D eigenvalue weighted by Crippen LogP contribution is 2.32. The summed E-state index contributed by atoms with van der Waals surface area (Å²) in [4.78, 5) is 31.4. The molecule has 1 aromatic carbocycles. The van der Waals surface area contributed by atoms with E-state index in [1.807, 2.05) is 42.3 Å². The van der Waals surface area contributed by atoms with E-state index in [2.05, 4.69) is 4.90 Å². The summed E-state index contributed by atoms with van der Waals surface area (Å²) in [6.45, 7) is 4.65. The van der Waals surface area contributed by atoms with Crippen molar-refractivity contribution in [3.8, 4) is 0 Å². The average Bonchev–Trinajstić information content (AvgIpc) is 2.67. The summed E-state index contributed by atoms with van der Waals surface area (Å²) in [5, 5.41) is 0. The summed E-state index contributed by atoms with van der Waals surface area (Å²) in [6, 6.07) is 9.19. The first-order chi connectivity index (χ1) is 12.6. The van der Waals surface area contributed by atoms with Crippen LogP contribution in [0.1, 0.15) is 24.4 Å². The Morgan fingerprint density at radius 3 is 2.46 bits per heavy atom. The molecule has 0 N–H and O–H groups in total. The number of carbonyl (C=O) groups is 2. The number of fused-ring (bicyclic) bond motifs is 3. The molecule has 6 nitrogen and oxygen atoms in total. The minimum absolute atomic E-state index is 0.0145. The smallest absolute Gasteiger partial charge is 0.328 e. The molecule has 0 saturated carbocycles. The fourth-order valence-electron chi connectivity index (χ4n) is 4.39. The molecule has 1 aromatic rings. The van der Waals surface area contributed by atoms with Crippen molar-refractivity contribution in [3.05, 3.63) is 35.9 Å². The second-order valence-electron chi connectivity index (χ2n) is 7.71. The Kier molecular flexibility index (Phi) is 4.96. The van der Waals surface area contributed by atoms with Gasteiger partial charge in [0.1, 0.15) is 12.1 Å². The van der Waals surface area contributed by atoms with Crippen molar-refractivity contribution in [1.29, 1.82) is 0 Å². The van der Waals surface area contributed by atoms with Gasteiger partial charge < -0.3 is 9.64 Å². The lowest BCUT2D eigenvalue weighted by atomic mass is 9.86. The van der Waals surface area contributed by atoms with Gasteiger partial charge in [-0.2, -0.15) is 0 Å². The van der Waals surface area contributed by atoms with Crippen LogP contribution in [0.5, 0.6) is 0 Å². The Bertz CT molecular complexity index is 658. The summed E-state index contributed by atoms with van der Waals surface area (Å²) in [6.07, 6.45) is 2.21. The molecule has 140 valence electrons. The number of hydrogen-bond donors (Lipinski definition) is 0. The number of carbonyl (C=O) groups excluding carboxylic acids is 2. The number of amides is 1. The third-order valence-electron chi connectivity index (χ3n) is 6.05. The number of hydrogen-bond acceptors (Lipinski definition) is 5. The molecule has 4 aliphatic heterocycles. The quantitative estimate of drug-likeness (QED) is 0.757. The topological polar surface area (TPSA) is 53.1 Å². The van der Waals surface area contributed by atoms with E-state index in [1.54, 1.807) is 4.90 Å². The molecule has 1 unspecified atom stereocenters. The van der Waals surface area contributed by atoms with Crippen molar-refractivity contribution in [2.75, 3.05) is 46.3 Å². The second kappa shape index (κ2) is 7.37. The lowest BCUT2D eigenvalue weighted by Crippen LogP contribution is -2.54. The molecule has 2 bridgehead atoms. The molecular weight excluding hydrogens is 330 g/mol. The predicted molar refractivity (Wildman–Crippen MR) is 97.4 cm³/mol. The van der Waals surface area contributed by atoms with Crippen LogP contribution in [0.2, 0.25) is 0 Å². The Morgan fingerprint density at radius 1 is 1.12 bits per heavy atom. The maximum atomic E-state index is 13.2. The summed E-state index contributed by atoms with van der Waals surface area (Å²) in [5.41, 5.74) is 0.899. The molecule has 1 amide bonds. The zero-order chi connectivity index (χ0) is 18.1. The molecule has 4 aliphatic rings. The highest BCUT2D eigenvalue weighted by atomic mass is 16.5. The summed E-state index contributed by atoms with van der Waals surface area (Å²) < 4.78 is 6.01. The Labute approximate surface area is 154 Å². The molecule has 5 rings (SSSR count). The van der Waals surface area contributed by atoms with Crippen molar-refractivity contribution >= 4 is 11.9 Å². The van der Waals surface area contributed by atoms with Crippen LogP contribution in [-0.2, 0) is 14.3 Å². The van der Waals surface area contributed by atoms with E-state index in [1.165, 1.54) is 0 Å². The Balaban J connectivity index is 1.52. The van der Waals surface area contributed by atoms with Crippen LogP contribution in [0.15, 0.2) is 30.3 Å². The molecule has 4 fully saturated rings. The molecule has 4 heterocycles. The summed E-state index contributed by atoms with van der Waals surface area (Å²) in [7, 11) is 1.81. The fourth-order valence-corrected chi connectivity index (χ4v) is 4.39. The lowest BCUT2D eigenvalue weighted by Gasteiger charge is -2.44. The average molecular weight is 357 g/mol. The van der Waals surface area contributed by atoms with Crippen molar-refractivity contribution < 1.29 is 14.3 Å². The number of ether oxygens (including phenoxy) is 1. The van der Waals surface area contributed by atoms with E-state index < -0.39 is 6.04 Å². The lowest BCUT2D eigenvalue weighted by molar-refractivity contribution is -0.167. The first-order valence-electron chi connectivity index (χ1n) is 9.57. The first kappa shape index (κ1) is 17.5. The van der Waals surface area contributed by atoms with Gasteiger partial charge >= 0.3 is 5.97 Å². The van der Waals surface area contributed by atoms with Crippen LogP contribution in [0.4, 0.5) is 0 Å². The number of piperidine rings is 3. The van der Waals surface area contributed by atoms with Crippen LogP contribution >= 0.6 is 0 Å². The maximum absolute atomic E-state index is 13.2. The van der Waals surface area contributed by atoms with Crippen LogP contribution in [0.25, 0.3) is 0 Å². The van der Waals surface area contributed by atoms with Crippen molar-refractivity contribution in [3.63, 3.8) is 0 Å². The van der Waals surface area contributed by atoms with Gasteiger partial charge in [-0.1, -0.05) is 30.3 Å². The maximum Gasteiger partial charge on any atom is 0.328 e. The molecular formula is C20H27N3O3. The van der Waals surface area contributed by atoms with E-state index in [9.17, 15) is 9.59 Å². The van der Waals surface area contributed by atoms with Crippen molar-refractivity contribution in [2.45, 2.75) is 25.0 Å². The van der Waals surface area contributed by atoms with Crippen LogP contribution in [0.3, 0.4) is 0 Å². The minimum Gasteiger partial charge on any atom is -0.459 e. The zero-order valence-electron chi connectivity index (χ0n) is 15.3. The van der Waals surface area contributed by atoms with Gasteiger partial charge in [0.25, 0.3) is 0 Å². The highest BCUT2D eigenvalue weighted by molar-refractivity contribution is 5.82. The van der Waals surface area contributed by atoms with Gasteiger partial charge in [-0.3, -0.25) is 14.6 Å². The Hall–Kier alpha value is -1.92. The number of nitrogens with zero attached hydrogens (tertiary/aromatic N) is 3. The van der Waals surface area contributed by atoms with Crippen LogP contribution in [0, 0.1) is 5.92 Å². The van der Waals surface area contributed by atoms with Crippen molar-refractivity contribution in [2.24, 2.45) is 5.92 Å². The molecule has 0 aliphatic carbocycles. The Morgan fingerprint density at radius 2 is 1.85 bits per heavy atom. The van der Waals surface area contributed by atoms with Gasteiger partial charge in [0.15, 0.2) is 0 Å².